The summed E-state index contributed by atoms with van der Waals surface area (Å²) < 4.78 is 5.02. The molecule has 0 radical (unpaired) electrons. The monoisotopic (exact) mass is 297 g/mol. The van der Waals surface area contributed by atoms with Gasteiger partial charge in [-0.25, -0.2) is 4.79 Å². The van der Waals surface area contributed by atoms with Crippen molar-refractivity contribution in [2.75, 3.05) is 50.0 Å². The molecule has 0 aliphatic carbocycles. The minimum absolute atomic E-state index is 0.314. The van der Waals surface area contributed by atoms with E-state index in [2.05, 4.69) is 16.7 Å². The maximum atomic E-state index is 11.8. The van der Waals surface area contributed by atoms with Gasteiger partial charge in [-0.05, 0) is 26.0 Å². The molecule has 1 aromatic heterocycles. The number of hydrogen-bond acceptors (Lipinski definition) is 6. The second-order valence-electron chi connectivity index (χ2n) is 4.92. The third kappa shape index (κ3) is 3.43. The van der Waals surface area contributed by atoms with Crippen molar-refractivity contribution in [2.45, 2.75) is 20.3 Å². The van der Waals surface area contributed by atoms with Crippen LogP contribution < -0.4 is 10.6 Å². The molecule has 112 valence electrons. The Morgan fingerprint density at radius 1 is 1.35 bits per heavy atom. The number of carbonyl (C=O) groups is 1. The standard InChI is InChI=1S/C14H23N3O2S/c1-3-5-16-6-8-17(9-7-16)12-10-11(15)13(20-12)14(18)19-4-2/h10H,3-9,15H2,1-2H3. The van der Waals surface area contributed by atoms with Crippen molar-refractivity contribution in [1.29, 1.82) is 0 Å². The van der Waals surface area contributed by atoms with Gasteiger partial charge in [0, 0.05) is 26.2 Å². The van der Waals surface area contributed by atoms with Crippen LogP contribution in [0.4, 0.5) is 10.7 Å². The molecule has 6 heteroatoms. The Balaban J connectivity index is 2.00. The molecule has 1 aliphatic rings. The number of ether oxygens (including phenoxy) is 1. The third-order valence-electron chi connectivity index (χ3n) is 3.43. The van der Waals surface area contributed by atoms with Crippen LogP contribution in [-0.2, 0) is 4.74 Å². The fraction of sp³-hybridized carbons (Fsp3) is 0.643. The molecule has 0 unspecified atom stereocenters. The quantitative estimate of drug-likeness (QED) is 0.843. The van der Waals surface area contributed by atoms with Crippen LogP contribution in [0.15, 0.2) is 6.07 Å². The molecule has 2 heterocycles. The zero-order valence-electron chi connectivity index (χ0n) is 12.2. The van der Waals surface area contributed by atoms with Crippen LogP contribution >= 0.6 is 11.3 Å². The minimum atomic E-state index is -0.314. The molecule has 2 rings (SSSR count). The summed E-state index contributed by atoms with van der Waals surface area (Å²) in [6, 6.07) is 1.90. The van der Waals surface area contributed by atoms with E-state index in [0.717, 1.165) is 37.7 Å². The van der Waals surface area contributed by atoms with Crippen LogP contribution in [0.3, 0.4) is 0 Å². The van der Waals surface area contributed by atoms with Crippen LogP contribution in [0.25, 0.3) is 0 Å². The molecule has 0 atom stereocenters. The molecular weight excluding hydrogens is 274 g/mol. The zero-order chi connectivity index (χ0) is 14.5. The Morgan fingerprint density at radius 3 is 2.65 bits per heavy atom. The number of carbonyl (C=O) groups excluding carboxylic acids is 1. The first-order chi connectivity index (χ1) is 9.65. The van der Waals surface area contributed by atoms with E-state index in [1.807, 2.05) is 6.07 Å². The molecule has 2 N–H and O–H groups in total. The maximum absolute atomic E-state index is 11.8. The first-order valence-corrected chi connectivity index (χ1v) is 8.01. The number of hydrogen-bond donors (Lipinski definition) is 1. The van der Waals surface area contributed by atoms with Crippen molar-refractivity contribution in [2.24, 2.45) is 0 Å². The average molecular weight is 297 g/mol. The highest BCUT2D eigenvalue weighted by molar-refractivity contribution is 7.18. The fourth-order valence-corrected chi connectivity index (χ4v) is 3.44. The van der Waals surface area contributed by atoms with Gasteiger partial charge in [0.2, 0.25) is 0 Å². The van der Waals surface area contributed by atoms with Crippen LogP contribution in [0, 0.1) is 0 Å². The Hall–Kier alpha value is -1.27. The lowest BCUT2D eigenvalue weighted by Crippen LogP contribution is -2.46. The van der Waals surface area contributed by atoms with E-state index < -0.39 is 0 Å². The van der Waals surface area contributed by atoms with Crippen molar-refractivity contribution in [3.05, 3.63) is 10.9 Å². The second kappa shape index (κ2) is 6.95. The molecule has 1 saturated heterocycles. The Labute approximate surface area is 124 Å². The molecule has 5 nitrogen and oxygen atoms in total. The topological polar surface area (TPSA) is 58.8 Å². The molecule has 1 aliphatic heterocycles. The number of rotatable bonds is 5. The van der Waals surface area contributed by atoms with Gasteiger partial charge in [0.15, 0.2) is 0 Å². The molecule has 1 aromatic rings. The highest BCUT2D eigenvalue weighted by Crippen LogP contribution is 2.33. The van der Waals surface area contributed by atoms with Crippen molar-refractivity contribution >= 4 is 28.0 Å². The number of nitrogens with two attached hydrogens (primary N) is 1. The Morgan fingerprint density at radius 2 is 2.05 bits per heavy atom. The van der Waals surface area contributed by atoms with Crippen LogP contribution in [0.5, 0.6) is 0 Å². The number of esters is 1. The van der Waals surface area contributed by atoms with Gasteiger partial charge in [0.1, 0.15) is 4.88 Å². The first kappa shape index (κ1) is 15.1. The van der Waals surface area contributed by atoms with Crippen LogP contribution in [0.2, 0.25) is 0 Å². The smallest absolute Gasteiger partial charge is 0.350 e. The predicted octanol–water partition coefficient (Wildman–Crippen LogP) is 2.04. The highest BCUT2D eigenvalue weighted by Gasteiger charge is 2.21. The average Bonchev–Trinajstić information content (AvgIpc) is 2.82. The lowest BCUT2D eigenvalue weighted by atomic mass is 10.3. The van der Waals surface area contributed by atoms with Crippen molar-refractivity contribution in [3.8, 4) is 0 Å². The van der Waals surface area contributed by atoms with Crippen molar-refractivity contribution in [1.82, 2.24) is 4.90 Å². The Kier molecular flexibility index (Phi) is 5.25. The highest BCUT2D eigenvalue weighted by atomic mass is 32.1. The van der Waals surface area contributed by atoms with E-state index in [1.54, 1.807) is 6.92 Å². The van der Waals surface area contributed by atoms with Gasteiger partial charge in [-0.15, -0.1) is 11.3 Å². The molecule has 1 fully saturated rings. The fourth-order valence-electron chi connectivity index (χ4n) is 2.41. The summed E-state index contributed by atoms with van der Waals surface area (Å²) in [7, 11) is 0. The van der Waals surface area contributed by atoms with E-state index in [9.17, 15) is 4.79 Å². The van der Waals surface area contributed by atoms with Gasteiger partial charge in [0.05, 0.1) is 17.3 Å². The number of nitrogen functional groups attached to an aromatic ring is 1. The Bertz CT molecular complexity index is 453. The molecule has 0 bridgehead atoms. The van der Waals surface area contributed by atoms with E-state index in [0.29, 0.717) is 17.2 Å². The predicted molar refractivity (Wildman–Crippen MR) is 83.6 cm³/mol. The molecule has 0 spiro atoms. The van der Waals surface area contributed by atoms with Crippen LogP contribution in [0.1, 0.15) is 29.9 Å². The molecule has 20 heavy (non-hydrogen) atoms. The maximum Gasteiger partial charge on any atom is 0.350 e. The second-order valence-corrected chi connectivity index (χ2v) is 5.95. The lowest BCUT2D eigenvalue weighted by molar-refractivity contribution is 0.0533. The summed E-state index contributed by atoms with van der Waals surface area (Å²) in [5.74, 6) is -0.314. The van der Waals surface area contributed by atoms with E-state index >= 15 is 0 Å². The van der Waals surface area contributed by atoms with Gasteiger partial charge in [-0.3, -0.25) is 4.90 Å². The van der Waals surface area contributed by atoms with Crippen LogP contribution in [-0.4, -0.2) is 50.2 Å². The molecular formula is C14H23N3O2S. The first-order valence-electron chi connectivity index (χ1n) is 7.19. The summed E-state index contributed by atoms with van der Waals surface area (Å²) in [4.78, 5) is 17.1. The summed E-state index contributed by atoms with van der Waals surface area (Å²) >= 11 is 1.44. The summed E-state index contributed by atoms with van der Waals surface area (Å²) in [5.41, 5.74) is 6.45. The number of piperazine rings is 1. The van der Waals surface area contributed by atoms with Gasteiger partial charge in [0.25, 0.3) is 0 Å². The molecule has 0 amide bonds. The summed E-state index contributed by atoms with van der Waals surface area (Å²) in [6.45, 7) is 9.66. The molecule has 0 aromatic carbocycles. The summed E-state index contributed by atoms with van der Waals surface area (Å²) in [6.07, 6.45) is 1.19. The van der Waals surface area contributed by atoms with Crippen molar-refractivity contribution in [3.63, 3.8) is 0 Å². The third-order valence-corrected chi connectivity index (χ3v) is 4.62. The van der Waals surface area contributed by atoms with Crippen molar-refractivity contribution < 1.29 is 9.53 Å². The molecule has 0 saturated carbocycles. The number of anilines is 2. The minimum Gasteiger partial charge on any atom is -0.462 e. The van der Waals surface area contributed by atoms with E-state index in [4.69, 9.17) is 10.5 Å². The van der Waals surface area contributed by atoms with E-state index in [1.165, 1.54) is 17.8 Å². The normalized spacial score (nSPS) is 16.4. The van der Waals surface area contributed by atoms with Gasteiger partial charge >= 0.3 is 5.97 Å². The lowest BCUT2D eigenvalue weighted by Gasteiger charge is -2.35. The van der Waals surface area contributed by atoms with Gasteiger partial charge < -0.3 is 15.4 Å². The largest absolute Gasteiger partial charge is 0.462 e. The number of nitrogens with zero attached hydrogens (tertiary/aromatic N) is 2. The zero-order valence-corrected chi connectivity index (χ0v) is 13.0. The number of thiophene rings is 1. The van der Waals surface area contributed by atoms with E-state index in [-0.39, 0.29) is 5.97 Å². The van der Waals surface area contributed by atoms with Gasteiger partial charge in [-0.1, -0.05) is 6.92 Å². The summed E-state index contributed by atoms with van der Waals surface area (Å²) in [5, 5.41) is 1.07. The van der Waals surface area contributed by atoms with Gasteiger partial charge in [-0.2, -0.15) is 0 Å². The SMILES string of the molecule is CCCN1CCN(c2cc(N)c(C(=O)OCC)s2)CC1.